The number of nitrogens with zero attached hydrogens (tertiary/aromatic N) is 2. The first kappa shape index (κ1) is 16.0. The third-order valence-corrected chi connectivity index (χ3v) is 5.60. The van der Waals surface area contributed by atoms with Gasteiger partial charge in [-0.25, -0.2) is 0 Å². The number of carbonyl (C=O) groups is 1. The van der Waals surface area contributed by atoms with Crippen molar-refractivity contribution in [2.24, 2.45) is 0 Å². The van der Waals surface area contributed by atoms with Gasteiger partial charge in [-0.15, -0.1) is 0 Å². The van der Waals surface area contributed by atoms with Gasteiger partial charge in [-0.3, -0.25) is 9.78 Å². The summed E-state index contributed by atoms with van der Waals surface area (Å²) in [6.07, 6.45) is 2.85. The van der Waals surface area contributed by atoms with Crippen LogP contribution in [0.2, 0.25) is 0 Å². The normalized spacial score (nSPS) is 11.3. The lowest BCUT2D eigenvalue weighted by molar-refractivity contribution is 0.112. The van der Waals surface area contributed by atoms with Crippen molar-refractivity contribution in [2.75, 3.05) is 0 Å². The molecule has 0 radical (unpaired) electrons. The molecule has 0 spiro atoms. The van der Waals surface area contributed by atoms with Crippen LogP contribution in [0.4, 0.5) is 0 Å². The summed E-state index contributed by atoms with van der Waals surface area (Å²) < 4.78 is 2.29. The molecule has 3 nitrogen and oxygen atoms in total. The highest BCUT2D eigenvalue weighted by Crippen LogP contribution is 2.30. The van der Waals surface area contributed by atoms with E-state index in [9.17, 15) is 4.79 Å². The molecule has 0 saturated carbocycles. The number of fused-ring (bicyclic) bond motifs is 3. The van der Waals surface area contributed by atoms with E-state index in [1.54, 1.807) is 11.3 Å². The van der Waals surface area contributed by atoms with E-state index in [0.29, 0.717) is 5.56 Å². The van der Waals surface area contributed by atoms with E-state index in [4.69, 9.17) is 0 Å². The van der Waals surface area contributed by atoms with Crippen molar-refractivity contribution in [3.05, 3.63) is 88.7 Å². The van der Waals surface area contributed by atoms with E-state index in [-0.39, 0.29) is 0 Å². The van der Waals surface area contributed by atoms with E-state index >= 15 is 0 Å². The van der Waals surface area contributed by atoms with Crippen molar-refractivity contribution < 1.29 is 4.79 Å². The molecule has 0 aliphatic rings. The van der Waals surface area contributed by atoms with E-state index in [2.05, 4.69) is 56.7 Å². The van der Waals surface area contributed by atoms with Gasteiger partial charge in [0.2, 0.25) is 0 Å². The second-order valence-corrected chi connectivity index (χ2v) is 7.34. The smallest absolute Gasteiger partial charge is 0.150 e. The molecule has 0 N–H and O–H groups in total. The summed E-state index contributed by atoms with van der Waals surface area (Å²) in [7, 11) is 0. The molecule has 0 bridgehead atoms. The minimum absolute atomic E-state index is 0.701. The monoisotopic (exact) mass is 368 g/mol. The van der Waals surface area contributed by atoms with Crippen LogP contribution in [0.3, 0.4) is 0 Å². The third kappa shape index (κ3) is 2.75. The summed E-state index contributed by atoms with van der Waals surface area (Å²) in [4.78, 5) is 15.8. The number of rotatable bonds is 4. The molecule has 2 aromatic carbocycles. The maximum absolute atomic E-state index is 11.2. The summed E-state index contributed by atoms with van der Waals surface area (Å²) in [6, 6.07) is 20.5. The highest BCUT2D eigenvalue weighted by Gasteiger charge is 2.11. The van der Waals surface area contributed by atoms with Crippen molar-refractivity contribution in [2.45, 2.75) is 6.54 Å². The van der Waals surface area contributed by atoms with Crippen LogP contribution in [0.25, 0.3) is 33.1 Å². The Kier molecular flexibility index (Phi) is 3.84. The van der Waals surface area contributed by atoms with Gasteiger partial charge in [0.1, 0.15) is 6.29 Å². The molecule has 130 valence electrons. The van der Waals surface area contributed by atoms with E-state index in [1.807, 2.05) is 30.5 Å². The number of hydrogen-bond donors (Lipinski definition) is 0. The Morgan fingerprint density at radius 3 is 2.63 bits per heavy atom. The van der Waals surface area contributed by atoms with Gasteiger partial charge in [0.25, 0.3) is 0 Å². The van der Waals surface area contributed by atoms with Crippen molar-refractivity contribution >= 4 is 39.4 Å². The SMILES string of the molecule is O=Cc1ccc2c(c1)c1ccccc1n2Cc1ccc(-c2ccsc2)nc1. The maximum atomic E-state index is 11.2. The topological polar surface area (TPSA) is 34.9 Å². The molecule has 0 amide bonds. The van der Waals surface area contributed by atoms with Crippen LogP contribution in [0.5, 0.6) is 0 Å². The molecule has 0 saturated heterocycles. The average molecular weight is 368 g/mol. The van der Waals surface area contributed by atoms with Gasteiger partial charge < -0.3 is 4.57 Å². The van der Waals surface area contributed by atoms with Crippen LogP contribution in [0, 0.1) is 0 Å². The standard InChI is InChI=1S/C23H16N2OS/c26-14-16-6-8-23-20(11-16)19-3-1-2-4-22(19)25(23)13-17-5-7-21(24-12-17)18-9-10-27-15-18/h1-12,14-15H,13H2. The van der Waals surface area contributed by atoms with Crippen LogP contribution in [-0.4, -0.2) is 15.8 Å². The van der Waals surface area contributed by atoms with Gasteiger partial charge in [-0.1, -0.05) is 24.3 Å². The Balaban J connectivity index is 1.61. The van der Waals surface area contributed by atoms with Gasteiger partial charge in [-0.05, 0) is 47.3 Å². The third-order valence-electron chi connectivity index (χ3n) is 4.91. The van der Waals surface area contributed by atoms with Crippen molar-refractivity contribution in [1.29, 1.82) is 0 Å². The number of thiophene rings is 1. The maximum Gasteiger partial charge on any atom is 0.150 e. The summed E-state index contributed by atoms with van der Waals surface area (Å²) in [5.41, 5.74) is 6.30. The summed E-state index contributed by atoms with van der Waals surface area (Å²) in [6.45, 7) is 0.737. The molecule has 4 heteroatoms. The Morgan fingerprint density at radius 1 is 0.963 bits per heavy atom. The molecular weight excluding hydrogens is 352 g/mol. The Hall–Kier alpha value is -3.24. The molecule has 0 aliphatic carbocycles. The number of hydrogen-bond acceptors (Lipinski definition) is 3. The second-order valence-electron chi connectivity index (χ2n) is 6.56. The van der Waals surface area contributed by atoms with Gasteiger partial charge in [-0.2, -0.15) is 11.3 Å². The van der Waals surface area contributed by atoms with Crippen molar-refractivity contribution in [3.63, 3.8) is 0 Å². The van der Waals surface area contributed by atoms with E-state index in [1.165, 1.54) is 5.39 Å². The first-order valence-electron chi connectivity index (χ1n) is 8.77. The Bertz CT molecular complexity index is 1250. The van der Waals surface area contributed by atoms with Gasteiger partial charge in [0.15, 0.2) is 0 Å². The fourth-order valence-electron chi connectivity index (χ4n) is 3.60. The average Bonchev–Trinajstić information content (AvgIpc) is 3.36. The number of para-hydroxylation sites is 1. The predicted octanol–water partition coefficient (Wildman–Crippen LogP) is 5.78. The lowest BCUT2D eigenvalue weighted by Crippen LogP contribution is -2.00. The highest BCUT2D eigenvalue weighted by atomic mass is 32.1. The minimum atomic E-state index is 0.701. The minimum Gasteiger partial charge on any atom is -0.336 e. The molecule has 3 heterocycles. The first-order chi connectivity index (χ1) is 13.3. The van der Waals surface area contributed by atoms with E-state index in [0.717, 1.165) is 46.1 Å². The quantitative estimate of drug-likeness (QED) is 0.377. The summed E-state index contributed by atoms with van der Waals surface area (Å²) in [5.74, 6) is 0. The Labute approximate surface area is 160 Å². The summed E-state index contributed by atoms with van der Waals surface area (Å²) in [5, 5.41) is 6.45. The molecule has 0 unspecified atom stereocenters. The Morgan fingerprint density at radius 2 is 1.85 bits per heavy atom. The molecule has 5 aromatic rings. The van der Waals surface area contributed by atoms with Crippen LogP contribution in [0.1, 0.15) is 15.9 Å². The number of benzene rings is 2. The van der Waals surface area contributed by atoms with Crippen LogP contribution in [0.15, 0.2) is 77.6 Å². The fourth-order valence-corrected chi connectivity index (χ4v) is 4.25. The van der Waals surface area contributed by atoms with Crippen molar-refractivity contribution in [3.8, 4) is 11.3 Å². The molecule has 3 aromatic heterocycles. The van der Waals surface area contributed by atoms with Crippen LogP contribution >= 0.6 is 11.3 Å². The first-order valence-corrected chi connectivity index (χ1v) is 9.71. The molecule has 0 fully saturated rings. The molecule has 5 rings (SSSR count). The molecule has 27 heavy (non-hydrogen) atoms. The number of aromatic nitrogens is 2. The highest BCUT2D eigenvalue weighted by molar-refractivity contribution is 7.08. The number of pyridine rings is 1. The predicted molar refractivity (Wildman–Crippen MR) is 111 cm³/mol. The largest absolute Gasteiger partial charge is 0.336 e. The van der Waals surface area contributed by atoms with Gasteiger partial charge in [0, 0.05) is 51.1 Å². The zero-order chi connectivity index (χ0) is 18.2. The number of carbonyl (C=O) groups excluding carboxylic acids is 1. The summed E-state index contributed by atoms with van der Waals surface area (Å²) >= 11 is 1.68. The zero-order valence-electron chi connectivity index (χ0n) is 14.5. The van der Waals surface area contributed by atoms with Crippen LogP contribution in [-0.2, 0) is 6.54 Å². The van der Waals surface area contributed by atoms with Gasteiger partial charge >= 0.3 is 0 Å². The van der Waals surface area contributed by atoms with Crippen LogP contribution < -0.4 is 0 Å². The molecule has 0 atom stereocenters. The number of aldehydes is 1. The lowest BCUT2D eigenvalue weighted by Gasteiger charge is -2.08. The lowest BCUT2D eigenvalue weighted by atomic mass is 10.1. The molecule has 0 aliphatic heterocycles. The van der Waals surface area contributed by atoms with Crippen molar-refractivity contribution in [1.82, 2.24) is 9.55 Å². The second kappa shape index (κ2) is 6.49. The fraction of sp³-hybridized carbons (Fsp3) is 0.0435. The van der Waals surface area contributed by atoms with E-state index < -0.39 is 0 Å². The molecular formula is C23H16N2OS. The van der Waals surface area contributed by atoms with Gasteiger partial charge in [0.05, 0.1) is 5.69 Å². The zero-order valence-corrected chi connectivity index (χ0v) is 15.3.